The number of rotatable bonds is 7. The van der Waals surface area contributed by atoms with Crippen molar-refractivity contribution in [2.45, 2.75) is 45.8 Å². The topological polar surface area (TPSA) is 21.3 Å². The Bertz CT molecular complexity index is 413. The van der Waals surface area contributed by atoms with Crippen molar-refractivity contribution in [3.8, 4) is 5.75 Å². The van der Waals surface area contributed by atoms with Gasteiger partial charge in [0.05, 0.1) is 16.1 Å². The maximum Gasteiger partial charge on any atom is 0.139 e. The van der Waals surface area contributed by atoms with Gasteiger partial charge in [-0.2, -0.15) is 0 Å². The minimum absolute atomic E-state index is 0.115. The Morgan fingerprint density at radius 3 is 2.53 bits per heavy atom. The standard InChI is InChI=1S/C14H20BrCl2NO/c1-9(2)18-6-4-5-10(3)19-14-8-12(16)11(15)7-13(14)17/h7-10,18H,4-6H2,1-3H3. The number of nitrogens with one attached hydrogen (secondary N) is 1. The second-order valence-electron chi connectivity index (χ2n) is 4.88. The van der Waals surface area contributed by atoms with Crippen LogP contribution in [0.5, 0.6) is 5.75 Å². The fourth-order valence-electron chi connectivity index (χ4n) is 1.65. The van der Waals surface area contributed by atoms with Crippen LogP contribution in [0.4, 0.5) is 0 Å². The third-order valence-corrected chi connectivity index (χ3v) is 4.14. The lowest BCUT2D eigenvalue weighted by molar-refractivity contribution is 0.207. The minimum atomic E-state index is 0.115. The summed E-state index contributed by atoms with van der Waals surface area (Å²) in [5, 5.41) is 4.56. The van der Waals surface area contributed by atoms with Gasteiger partial charge in [0, 0.05) is 16.6 Å². The van der Waals surface area contributed by atoms with E-state index in [2.05, 4.69) is 35.1 Å². The fraction of sp³-hybridized carbons (Fsp3) is 0.571. The van der Waals surface area contributed by atoms with Crippen molar-refractivity contribution in [1.29, 1.82) is 0 Å². The molecule has 0 bridgehead atoms. The molecule has 0 aliphatic carbocycles. The van der Waals surface area contributed by atoms with Gasteiger partial charge in [0.15, 0.2) is 0 Å². The third-order valence-electron chi connectivity index (χ3n) is 2.64. The van der Waals surface area contributed by atoms with Crippen LogP contribution in [0, 0.1) is 0 Å². The average molecular weight is 369 g/mol. The molecule has 0 heterocycles. The Hall–Kier alpha value is 0.0400. The summed E-state index contributed by atoms with van der Waals surface area (Å²) >= 11 is 15.5. The first-order valence-corrected chi connectivity index (χ1v) is 7.99. The zero-order chi connectivity index (χ0) is 14.4. The highest BCUT2D eigenvalue weighted by Crippen LogP contribution is 2.34. The van der Waals surface area contributed by atoms with Gasteiger partial charge in [0.2, 0.25) is 0 Å². The van der Waals surface area contributed by atoms with Crippen LogP contribution in [0.3, 0.4) is 0 Å². The predicted molar refractivity (Wildman–Crippen MR) is 86.6 cm³/mol. The van der Waals surface area contributed by atoms with Gasteiger partial charge in [-0.3, -0.25) is 0 Å². The van der Waals surface area contributed by atoms with Gasteiger partial charge in [0.25, 0.3) is 0 Å². The first-order chi connectivity index (χ1) is 8.90. The molecule has 2 nitrogen and oxygen atoms in total. The summed E-state index contributed by atoms with van der Waals surface area (Å²) in [7, 11) is 0. The van der Waals surface area contributed by atoms with E-state index in [9.17, 15) is 0 Å². The fourth-order valence-corrected chi connectivity index (χ4v) is 2.49. The quantitative estimate of drug-likeness (QED) is 0.520. The molecule has 1 aromatic rings. The molecule has 1 unspecified atom stereocenters. The molecule has 0 fully saturated rings. The monoisotopic (exact) mass is 367 g/mol. The molecular formula is C14H20BrCl2NO. The molecule has 1 rings (SSSR count). The van der Waals surface area contributed by atoms with Gasteiger partial charge >= 0.3 is 0 Å². The normalized spacial score (nSPS) is 12.8. The molecule has 0 aromatic heterocycles. The lowest BCUT2D eigenvalue weighted by Crippen LogP contribution is -2.25. The van der Waals surface area contributed by atoms with Crippen LogP contribution in [0.15, 0.2) is 16.6 Å². The summed E-state index contributed by atoms with van der Waals surface area (Å²) < 4.78 is 6.60. The van der Waals surface area contributed by atoms with Crippen molar-refractivity contribution in [3.63, 3.8) is 0 Å². The van der Waals surface area contributed by atoms with Crippen LogP contribution in [0.1, 0.15) is 33.6 Å². The molecule has 0 saturated carbocycles. The predicted octanol–water partition coefficient (Wildman–Crippen LogP) is 5.30. The van der Waals surface area contributed by atoms with Gasteiger partial charge in [-0.1, -0.05) is 37.0 Å². The molecule has 0 spiro atoms. The van der Waals surface area contributed by atoms with Gasteiger partial charge < -0.3 is 10.1 Å². The van der Waals surface area contributed by atoms with E-state index in [1.165, 1.54) is 0 Å². The van der Waals surface area contributed by atoms with Crippen LogP contribution in [-0.2, 0) is 0 Å². The molecule has 0 aliphatic rings. The Labute approximate surface area is 133 Å². The summed E-state index contributed by atoms with van der Waals surface area (Å²) in [6.45, 7) is 7.33. The molecule has 19 heavy (non-hydrogen) atoms. The Morgan fingerprint density at radius 2 is 1.89 bits per heavy atom. The van der Waals surface area contributed by atoms with E-state index < -0.39 is 0 Å². The highest BCUT2D eigenvalue weighted by molar-refractivity contribution is 9.10. The molecule has 0 aliphatic heterocycles. The minimum Gasteiger partial charge on any atom is -0.489 e. The molecule has 0 radical (unpaired) electrons. The Balaban J connectivity index is 2.44. The van der Waals surface area contributed by atoms with Crippen molar-refractivity contribution in [3.05, 3.63) is 26.7 Å². The van der Waals surface area contributed by atoms with Crippen LogP contribution in [0.25, 0.3) is 0 Å². The van der Waals surface area contributed by atoms with E-state index in [0.29, 0.717) is 21.8 Å². The molecule has 0 amide bonds. The van der Waals surface area contributed by atoms with Crippen molar-refractivity contribution in [2.75, 3.05) is 6.54 Å². The van der Waals surface area contributed by atoms with E-state index in [0.717, 1.165) is 23.9 Å². The molecular weight excluding hydrogens is 349 g/mol. The molecule has 1 aromatic carbocycles. The van der Waals surface area contributed by atoms with E-state index >= 15 is 0 Å². The lowest BCUT2D eigenvalue weighted by Gasteiger charge is -2.17. The van der Waals surface area contributed by atoms with Gasteiger partial charge in [-0.25, -0.2) is 0 Å². The van der Waals surface area contributed by atoms with Crippen LogP contribution in [0.2, 0.25) is 10.0 Å². The first kappa shape index (κ1) is 17.1. The van der Waals surface area contributed by atoms with Crippen molar-refractivity contribution in [1.82, 2.24) is 5.32 Å². The maximum absolute atomic E-state index is 6.12. The maximum atomic E-state index is 6.12. The number of halogens is 3. The van der Waals surface area contributed by atoms with Crippen molar-refractivity contribution < 1.29 is 4.74 Å². The van der Waals surface area contributed by atoms with E-state index in [4.69, 9.17) is 27.9 Å². The zero-order valence-electron chi connectivity index (χ0n) is 11.5. The van der Waals surface area contributed by atoms with Gasteiger partial charge in [-0.15, -0.1) is 0 Å². The summed E-state index contributed by atoms with van der Waals surface area (Å²) in [5.41, 5.74) is 0. The van der Waals surface area contributed by atoms with Gasteiger partial charge in [0.1, 0.15) is 5.75 Å². The van der Waals surface area contributed by atoms with Crippen molar-refractivity contribution >= 4 is 39.1 Å². The number of hydrogen-bond donors (Lipinski definition) is 1. The zero-order valence-corrected chi connectivity index (χ0v) is 14.6. The molecule has 1 N–H and O–H groups in total. The third kappa shape index (κ3) is 6.35. The molecule has 5 heteroatoms. The molecule has 0 saturated heterocycles. The SMILES string of the molecule is CC(C)NCCCC(C)Oc1cc(Cl)c(Br)cc1Cl. The van der Waals surface area contributed by atoms with Gasteiger partial charge in [-0.05, 0) is 48.3 Å². The van der Waals surface area contributed by atoms with E-state index in [1.807, 2.05) is 6.92 Å². The molecule has 1 atom stereocenters. The smallest absolute Gasteiger partial charge is 0.139 e. The second kappa shape index (κ2) is 8.35. The summed E-state index contributed by atoms with van der Waals surface area (Å²) in [4.78, 5) is 0. The van der Waals surface area contributed by atoms with E-state index in [-0.39, 0.29) is 6.10 Å². The second-order valence-corrected chi connectivity index (χ2v) is 6.54. The summed E-state index contributed by atoms with van der Waals surface area (Å²) in [6, 6.07) is 4.03. The highest BCUT2D eigenvalue weighted by Gasteiger charge is 2.10. The first-order valence-electron chi connectivity index (χ1n) is 6.44. The Kier molecular flexibility index (Phi) is 7.52. The average Bonchev–Trinajstić information content (AvgIpc) is 2.31. The van der Waals surface area contributed by atoms with Crippen LogP contribution < -0.4 is 10.1 Å². The summed E-state index contributed by atoms with van der Waals surface area (Å²) in [5.74, 6) is 0.638. The largest absolute Gasteiger partial charge is 0.489 e. The van der Waals surface area contributed by atoms with Crippen LogP contribution >= 0.6 is 39.1 Å². The number of hydrogen-bond acceptors (Lipinski definition) is 2. The number of benzene rings is 1. The molecule has 108 valence electrons. The van der Waals surface area contributed by atoms with Crippen LogP contribution in [-0.4, -0.2) is 18.7 Å². The summed E-state index contributed by atoms with van der Waals surface area (Å²) in [6.07, 6.45) is 2.16. The highest BCUT2D eigenvalue weighted by atomic mass is 79.9. The Morgan fingerprint density at radius 1 is 1.21 bits per heavy atom. The number of ether oxygens (including phenoxy) is 1. The lowest BCUT2D eigenvalue weighted by atomic mass is 10.2. The van der Waals surface area contributed by atoms with Crippen molar-refractivity contribution in [2.24, 2.45) is 0 Å². The van der Waals surface area contributed by atoms with E-state index in [1.54, 1.807) is 12.1 Å².